The smallest absolute Gasteiger partial charge is 0.158 e. The van der Waals surface area contributed by atoms with Crippen LogP contribution in [0.15, 0.2) is 48.6 Å². The second kappa shape index (κ2) is 34.5. The van der Waals surface area contributed by atoms with Gasteiger partial charge in [-0.2, -0.15) is 0 Å². The van der Waals surface area contributed by atoms with Crippen LogP contribution in [-0.2, 0) is 14.3 Å². The van der Waals surface area contributed by atoms with Crippen LogP contribution < -0.4 is 0 Å². The largest absolute Gasteiger partial charge is 0.366 e. The number of hydrogen-bond acceptors (Lipinski definition) is 3. The van der Waals surface area contributed by atoms with Crippen molar-refractivity contribution < 1.29 is 14.3 Å². The van der Waals surface area contributed by atoms with Crippen molar-refractivity contribution in [3.8, 4) is 0 Å². The molecule has 0 bridgehead atoms. The first-order valence-corrected chi connectivity index (χ1v) is 17.4. The summed E-state index contributed by atoms with van der Waals surface area (Å²) in [6.07, 6.45) is 45.5. The zero-order valence-corrected chi connectivity index (χ0v) is 27.2. The molecular formula is C38H66O3. The van der Waals surface area contributed by atoms with Gasteiger partial charge in [0.05, 0.1) is 0 Å². The third-order valence-corrected chi connectivity index (χ3v) is 7.34. The molecule has 0 saturated heterocycles. The summed E-state index contributed by atoms with van der Waals surface area (Å²) < 4.78 is 5.38. The summed E-state index contributed by atoms with van der Waals surface area (Å²) in [6, 6.07) is 0. The Bertz CT molecular complexity index is 628. The molecule has 0 amide bonds. The van der Waals surface area contributed by atoms with Crippen LogP contribution in [0, 0.1) is 0 Å². The minimum atomic E-state index is 0.0890. The number of Topliss-reactive ketones (excluding diaryl/α,β-unsaturated/α-hetero) is 2. The molecule has 0 N–H and O–H groups in total. The van der Waals surface area contributed by atoms with Crippen LogP contribution in [0.2, 0.25) is 0 Å². The summed E-state index contributed by atoms with van der Waals surface area (Å²) in [4.78, 5) is 24.0. The Morgan fingerprint density at radius 3 is 1.10 bits per heavy atom. The zero-order chi connectivity index (χ0) is 29.9. The van der Waals surface area contributed by atoms with Gasteiger partial charge in [-0.3, -0.25) is 9.59 Å². The lowest BCUT2D eigenvalue weighted by Crippen LogP contribution is -2.14. The van der Waals surface area contributed by atoms with E-state index in [2.05, 4.69) is 62.5 Å². The van der Waals surface area contributed by atoms with E-state index in [1.165, 1.54) is 89.9 Å². The lowest BCUT2D eigenvalue weighted by molar-refractivity contribution is -0.128. The van der Waals surface area contributed by atoms with Crippen molar-refractivity contribution in [2.24, 2.45) is 0 Å². The fraction of sp³-hybridized carbons (Fsp3) is 0.737. The van der Waals surface area contributed by atoms with E-state index in [-0.39, 0.29) is 24.8 Å². The maximum absolute atomic E-state index is 12.0. The number of unbranched alkanes of at least 4 members (excludes halogenated alkanes) is 16. The number of carbonyl (C=O) groups is 2. The Morgan fingerprint density at radius 1 is 0.415 bits per heavy atom. The first kappa shape index (κ1) is 39.3. The molecule has 41 heavy (non-hydrogen) atoms. The Hall–Kier alpha value is -1.74. The third kappa shape index (κ3) is 34.4. The molecule has 0 unspecified atom stereocenters. The molecule has 0 aromatic carbocycles. The van der Waals surface area contributed by atoms with Crippen LogP contribution in [0.1, 0.15) is 168 Å². The summed E-state index contributed by atoms with van der Waals surface area (Å²) in [5.41, 5.74) is 0. The topological polar surface area (TPSA) is 43.4 Å². The molecule has 3 heteroatoms. The van der Waals surface area contributed by atoms with Gasteiger partial charge in [-0.15, -0.1) is 0 Å². The number of ether oxygens (including phenoxy) is 1. The van der Waals surface area contributed by atoms with Crippen LogP contribution in [-0.4, -0.2) is 24.8 Å². The number of carbonyl (C=O) groups excluding carboxylic acids is 2. The average Bonchev–Trinajstić information content (AvgIpc) is 2.97. The van der Waals surface area contributed by atoms with Gasteiger partial charge in [0.2, 0.25) is 0 Å². The average molecular weight is 571 g/mol. The van der Waals surface area contributed by atoms with Gasteiger partial charge in [-0.05, 0) is 77.0 Å². The van der Waals surface area contributed by atoms with Crippen molar-refractivity contribution >= 4 is 11.6 Å². The molecule has 3 nitrogen and oxygen atoms in total. The summed E-state index contributed by atoms with van der Waals surface area (Å²) in [7, 11) is 0. The monoisotopic (exact) mass is 571 g/mol. The first-order chi connectivity index (χ1) is 20.2. The zero-order valence-electron chi connectivity index (χ0n) is 27.2. The van der Waals surface area contributed by atoms with Crippen LogP contribution in [0.25, 0.3) is 0 Å². The van der Waals surface area contributed by atoms with E-state index in [1.54, 1.807) is 0 Å². The Kier molecular flexibility index (Phi) is 33.0. The van der Waals surface area contributed by atoms with E-state index < -0.39 is 0 Å². The lowest BCUT2D eigenvalue weighted by Gasteiger charge is -2.04. The van der Waals surface area contributed by atoms with Gasteiger partial charge in [0.15, 0.2) is 11.6 Å². The van der Waals surface area contributed by atoms with Gasteiger partial charge in [0, 0.05) is 12.8 Å². The quantitative estimate of drug-likeness (QED) is 0.0596. The number of rotatable bonds is 32. The highest BCUT2D eigenvalue weighted by atomic mass is 16.5. The van der Waals surface area contributed by atoms with Crippen molar-refractivity contribution in [1.82, 2.24) is 0 Å². The number of hydrogen-bond donors (Lipinski definition) is 0. The highest BCUT2D eigenvalue weighted by molar-refractivity contribution is 5.81. The van der Waals surface area contributed by atoms with E-state index in [0.717, 1.165) is 51.4 Å². The summed E-state index contributed by atoms with van der Waals surface area (Å²) in [6.45, 7) is 4.66. The van der Waals surface area contributed by atoms with Gasteiger partial charge in [-0.25, -0.2) is 0 Å². The maximum atomic E-state index is 12.0. The van der Waals surface area contributed by atoms with E-state index >= 15 is 0 Å². The Balaban J connectivity index is 3.41. The van der Waals surface area contributed by atoms with Crippen molar-refractivity contribution in [2.45, 2.75) is 168 Å². The Labute approximate surface area is 255 Å². The van der Waals surface area contributed by atoms with E-state index in [9.17, 15) is 9.59 Å². The molecule has 0 aliphatic heterocycles. The number of allylic oxidation sites excluding steroid dienone is 8. The minimum Gasteiger partial charge on any atom is -0.366 e. The predicted octanol–water partition coefficient (Wildman–Crippen LogP) is 11.8. The molecule has 236 valence electrons. The highest BCUT2D eigenvalue weighted by Gasteiger charge is 2.06. The van der Waals surface area contributed by atoms with E-state index in [1.807, 2.05) is 0 Å². The fourth-order valence-corrected chi connectivity index (χ4v) is 4.69. The lowest BCUT2D eigenvalue weighted by atomic mass is 10.1. The van der Waals surface area contributed by atoms with Crippen molar-refractivity contribution in [2.75, 3.05) is 13.2 Å². The van der Waals surface area contributed by atoms with Crippen LogP contribution in [0.4, 0.5) is 0 Å². The molecule has 0 heterocycles. The van der Waals surface area contributed by atoms with Crippen LogP contribution in [0.3, 0.4) is 0 Å². The van der Waals surface area contributed by atoms with Gasteiger partial charge in [0.25, 0.3) is 0 Å². The Morgan fingerprint density at radius 2 is 0.732 bits per heavy atom. The molecule has 0 saturated carbocycles. The number of ketones is 2. The summed E-state index contributed by atoms with van der Waals surface area (Å²) >= 11 is 0. The van der Waals surface area contributed by atoms with Crippen molar-refractivity contribution in [1.29, 1.82) is 0 Å². The SMILES string of the molecule is CCCCC/C=C/C/C=C/CCCCCCCC(=O)COCC(=O)CCCCCCC/C=C/C/C=C/CCCCC. The fourth-order valence-electron chi connectivity index (χ4n) is 4.69. The molecule has 0 aliphatic carbocycles. The van der Waals surface area contributed by atoms with Gasteiger partial charge in [0.1, 0.15) is 13.2 Å². The molecule has 0 aromatic heterocycles. The second-order valence-corrected chi connectivity index (χ2v) is 11.5. The minimum absolute atomic E-state index is 0.0890. The van der Waals surface area contributed by atoms with Crippen molar-refractivity contribution in [3.05, 3.63) is 48.6 Å². The molecular weight excluding hydrogens is 504 g/mol. The van der Waals surface area contributed by atoms with Gasteiger partial charge >= 0.3 is 0 Å². The van der Waals surface area contributed by atoms with Crippen molar-refractivity contribution in [3.63, 3.8) is 0 Å². The van der Waals surface area contributed by atoms with Gasteiger partial charge in [-0.1, -0.05) is 127 Å². The predicted molar refractivity (Wildman–Crippen MR) is 180 cm³/mol. The van der Waals surface area contributed by atoms with E-state index in [4.69, 9.17) is 4.74 Å². The first-order valence-electron chi connectivity index (χ1n) is 17.4. The van der Waals surface area contributed by atoms with Crippen LogP contribution in [0.5, 0.6) is 0 Å². The summed E-state index contributed by atoms with van der Waals surface area (Å²) in [5.74, 6) is 0.251. The van der Waals surface area contributed by atoms with Gasteiger partial charge < -0.3 is 4.74 Å². The normalized spacial score (nSPS) is 12.1. The van der Waals surface area contributed by atoms with Crippen LogP contribution >= 0.6 is 0 Å². The third-order valence-electron chi connectivity index (χ3n) is 7.34. The molecule has 0 aromatic rings. The highest BCUT2D eigenvalue weighted by Crippen LogP contribution is 2.10. The molecule has 0 spiro atoms. The summed E-state index contributed by atoms with van der Waals surface area (Å²) in [5, 5.41) is 0. The molecule has 0 rings (SSSR count). The molecule has 0 fully saturated rings. The molecule has 0 atom stereocenters. The van der Waals surface area contributed by atoms with E-state index in [0.29, 0.717) is 12.8 Å². The second-order valence-electron chi connectivity index (χ2n) is 11.5. The maximum Gasteiger partial charge on any atom is 0.158 e. The molecule has 0 radical (unpaired) electrons. The standard InChI is InChI=1S/C38H66O3/c1-3-5-7-9-11-13-15-17-19-21-23-25-27-29-31-33-37(39)35-41-36-38(40)34-32-30-28-26-24-22-20-18-16-14-12-10-8-6-4-2/h11-14,17-20H,3-10,15-16,21-36H2,1-2H3/b13-11+,14-12+,19-17+,20-18+. The molecule has 0 aliphatic rings.